The van der Waals surface area contributed by atoms with Crippen molar-refractivity contribution in [2.24, 2.45) is 0 Å². The summed E-state index contributed by atoms with van der Waals surface area (Å²) in [6, 6.07) is 10.2. The highest BCUT2D eigenvalue weighted by molar-refractivity contribution is 5.89. The van der Waals surface area contributed by atoms with Crippen LogP contribution in [0.2, 0.25) is 0 Å². The number of aryl methyl sites for hydroxylation is 1. The van der Waals surface area contributed by atoms with E-state index >= 15 is 0 Å². The summed E-state index contributed by atoms with van der Waals surface area (Å²) in [5.41, 5.74) is 0.847. The van der Waals surface area contributed by atoms with Gasteiger partial charge in [0.2, 0.25) is 0 Å². The van der Waals surface area contributed by atoms with Crippen molar-refractivity contribution < 1.29 is 28.7 Å². The SMILES string of the molecule is [2H]c1c([2H])c(C)c([2H])c([C@@H](O)C([2H])([2H])NC([2H])([2H])C([2H])([2H])Cc2cccc(-c3cccc(C(=O)O)c3)c2)c1[2H]. The van der Waals surface area contributed by atoms with Gasteiger partial charge in [0.1, 0.15) is 0 Å². The summed E-state index contributed by atoms with van der Waals surface area (Å²) in [5.74, 6) is -1.11. The van der Waals surface area contributed by atoms with E-state index in [1.165, 1.54) is 19.1 Å². The van der Waals surface area contributed by atoms with Gasteiger partial charge in [-0.25, -0.2) is 4.79 Å². The van der Waals surface area contributed by atoms with E-state index in [4.69, 9.17) is 13.7 Å². The van der Waals surface area contributed by atoms with Gasteiger partial charge in [-0.3, -0.25) is 0 Å². The highest BCUT2D eigenvalue weighted by Crippen LogP contribution is 2.22. The van der Waals surface area contributed by atoms with Crippen molar-refractivity contribution in [3.8, 4) is 11.1 Å². The molecule has 0 fully saturated rings. The zero-order valence-electron chi connectivity index (χ0n) is 25.7. The number of hydrogen-bond donors (Lipinski definition) is 3. The molecule has 1 atom stereocenters. The second-order valence-corrected chi connectivity index (χ2v) is 6.28. The molecule has 3 rings (SSSR count). The molecule has 0 bridgehead atoms. The van der Waals surface area contributed by atoms with Gasteiger partial charge in [-0.15, -0.1) is 0 Å². The summed E-state index contributed by atoms with van der Waals surface area (Å²) in [5, 5.41) is 21.8. The van der Waals surface area contributed by atoms with Gasteiger partial charge < -0.3 is 15.5 Å². The van der Waals surface area contributed by atoms with Crippen LogP contribution in [0.1, 0.15) is 53.2 Å². The molecule has 0 aliphatic carbocycles. The van der Waals surface area contributed by atoms with Crippen LogP contribution in [-0.4, -0.2) is 29.2 Å². The summed E-state index contributed by atoms with van der Waals surface area (Å²) in [6.07, 6.45) is -5.59. The standard InChI is InChI=1S/C25H27NO3/c1-18-6-2-11-22(14-18)24(27)17-26-13-5-8-19-7-3-9-20(15-19)21-10-4-12-23(16-21)25(28)29/h2-4,6-7,9-12,14-16,24,26-27H,5,8,13,17H2,1H3,(H,28,29)/t24-/m0/s1/i2D,5D2,6D,11D,13D2,14D,17D2. The first-order valence-corrected chi connectivity index (χ1v) is 8.86. The molecule has 3 N–H and O–H groups in total. The van der Waals surface area contributed by atoms with Crippen LogP contribution < -0.4 is 5.32 Å². The molecule has 3 aromatic carbocycles. The number of carbonyl (C=O) groups is 1. The molecule has 4 heteroatoms. The number of rotatable bonds is 9. The largest absolute Gasteiger partial charge is 0.478 e. The zero-order valence-corrected chi connectivity index (χ0v) is 15.7. The third kappa shape index (κ3) is 6.01. The summed E-state index contributed by atoms with van der Waals surface area (Å²) in [7, 11) is 0. The Morgan fingerprint density at radius 3 is 2.72 bits per heavy atom. The Bertz CT molecular complexity index is 1380. The van der Waals surface area contributed by atoms with E-state index in [1.807, 2.05) is 5.32 Å². The minimum atomic E-state index is -3.08. The van der Waals surface area contributed by atoms with Crippen molar-refractivity contribution in [2.75, 3.05) is 13.0 Å². The second kappa shape index (κ2) is 10.0. The zero-order chi connectivity index (χ0) is 29.5. The van der Waals surface area contributed by atoms with E-state index in [0.717, 1.165) is 0 Å². The third-order valence-electron chi connectivity index (χ3n) is 4.06. The molecule has 0 saturated carbocycles. The van der Waals surface area contributed by atoms with Crippen LogP contribution in [0.3, 0.4) is 0 Å². The number of hydrogen-bond acceptors (Lipinski definition) is 3. The Morgan fingerprint density at radius 1 is 1.17 bits per heavy atom. The van der Waals surface area contributed by atoms with Gasteiger partial charge in [0.25, 0.3) is 0 Å². The van der Waals surface area contributed by atoms with Crippen LogP contribution in [0.15, 0.2) is 72.7 Å². The molecular weight excluding hydrogens is 362 g/mol. The lowest BCUT2D eigenvalue weighted by Gasteiger charge is -2.13. The molecule has 4 nitrogen and oxygen atoms in total. The fourth-order valence-electron chi connectivity index (χ4n) is 2.65. The van der Waals surface area contributed by atoms with Gasteiger partial charge in [-0.1, -0.05) is 66.1 Å². The predicted molar refractivity (Wildman–Crippen MR) is 116 cm³/mol. The first-order chi connectivity index (χ1) is 17.9. The first kappa shape index (κ1) is 11.3. The van der Waals surface area contributed by atoms with Crippen LogP contribution in [0.25, 0.3) is 11.1 Å². The molecule has 0 spiro atoms. The maximum atomic E-state index is 11.3. The number of carboxylic acid groups (broad SMARTS) is 1. The molecule has 0 saturated heterocycles. The van der Waals surface area contributed by atoms with Gasteiger partial charge in [0.05, 0.1) is 17.2 Å². The Balaban J connectivity index is 1.88. The van der Waals surface area contributed by atoms with Gasteiger partial charge in [0.15, 0.2) is 0 Å². The molecule has 29 heavy (non-hydrogen) atoms. The molecule has 150 valence electrons. The Kier molecular flexibility index (Phi) is 3.90. The molecular formula is C25H27NO3. The number of benzene rings is 3. The van der Waals surface area contributed by atoms with Crippen molar-refractivity contribution in [3.05, 3.63) is 95.0 Å². The minimum Gasteiger partial charge on any atom is -0.478 e. The molecule has 0 amide bonds. The van der Waals surface area contributed by atoms with Crippen LogP contribution in [0.4, 0.5) is 0 Å². The van der Waals surface area contributed by atoms with Crippen molar-refractivity contribution >= 4 is 5.97 Å². The van der Waals surface area contributed by atoms with E-state index in [-0.39, 0.29) is 11.1 Å². The van der Waals surface area contributed by atoms with E-state index in [0.29, 0.717) is 16.7 Å². The van der Waals surface area contributed by atoms with E-state index in [2.05, 4.69) is 0 Å². The van der Waals surface area contributed by atoms with Crippen molar-refractivity contribution in [2.45, 2.75) is 25.8 Å². The minimum absolute atomic E-state index is 0.0614. The number of carboxylic acids is 1. The smallest absolute Gasteiger partial charge is 0.335 e. The predicted octanol–water partition coefficient (Wildman–Crippen LogP) is 4.62. The van der Waals surface area contributed by atoms with Crippen LogP contribution in [0, 0.1) is 6.92 Å². The molecule has 3 aromatic rings. The summed E-state index contributed by atoms with van der Waals surface area (Å²) in [6.45, 7) is -4.84. The Hall–Kier alpha value is -2.95. The van der Waals surface area contributed by atoms with Crippen molar-refractivity contribution in [3.63, 3.8) is 0 Å². The summed E-state index contributed by atoms with van der Waals surface area (Å²) >= 11 is 0. The molecule has 0 aliphatic heterocycles. The number of aliphatic hydroxyl groups is 1. The third-order valence-corrected chi connectivity index (χ3v) is 4.06. The summed E-state index contributed by atoms with van der Waals surface area (Å²) < 4.78 is 81.8. The van der Waals surface area contributed by atoms with E-state index < -0.39 is 67.6 Å². The lowest BCUT2D eigenvalue weighted by Crippen LogP contribution is -2.22. The average Bonchev–Trinajstić information content (AvgIpc) is 2.85. The maximum absolute atomic E-state index is 11.3. The lowest BCUT2D eigenvalue weighted by atomic mass is 9.99. The topological polar surface area (TPSA) is 69.6 Å². The van der Waals surface area contributed by atoms with Gasteiger partial charge in [-0.2, -0.15) is 0 Å². The van der Waals surface area contributed by atoms with E-state index in [1.54, 1.807) is 36.4 Å². The highest BCUT2D eigenvalue weighted by atomic mass is 16.4. The normalized spacial score (nSPS) is 18.4. The molecule has 0 aromatic heterocycles. The Labute approximate surface area is 185 Å². The molecule has 0 heterocycles. The number of aliphatic hydroxyl groups excluding tert-OH is 1. The van der Waals surface area contributed by atoms with Crippen molar-refractivity contribution in [1.29, 1.82) is 0 Å². The number of nitrogens with one attached hydrogen (secondary N) is 1. The van der Waals surface area contributed by atoms with E-state index in [9.17, 15) is 15.0 Å². The number of aromatic carboxylic acids is 1. The lowest BCUT2D eigenvalue weighted by molar-refractivity contribution is 0.0697. The average molecular weight is 400 g/mol. The monoisotopic (exact) mass is 399 g/mol. The quantitative estimate of drug-likeness (QED) is 0.491. The van der Waals surface area contributed by atoms with Gasteiger partial charge in [-0.05, 0) is 60.6 Å². The molecule has 0 unspecified atom stereocenters. The molecule has 0 radical (unpaired) electrons. The van der Waals surface area contributed by atoms with Crippen LogP contribution in [-0.2, 0) is 6.42 Å². The van der Waals surface area contributed by atoms with Gasteiger partial charge >= 0.3 is 5.97 Å². The summed E-state index contributed by atoms with van der Waals surface area (Å²) in [4.78, 5) is 11.3. The fourth-order valence-corrected chi connectivity index (χ4v) is 2.65. The molecule has 0 aliphatic rings. The Morgan fingerprint density at radius 2 is 1.93 bits per heavy atom. The van der Waals surface area contributed by atoms with Gasteiger partial charge in [0, 0.05) is 14.7 Å². The maximum Gasteiger partial charge on any atom is 0.335 e. The van der Waals surface area contributed by atoms with Crippen LogP contribution >= 0.6 is 0 Å². The van der Waals surface area contributed by atoms with Crippen molar-refractivity contribution in [1.82, 2.24) is 5.32 Å². The van der Waals surface area contributed by atoms with Crippen LogP contribution in [0.5, 0.6) is 0 Å². The fraction of sp³-hybridized carbons (Fsp3) is 0.240. The second-order valence-electron chi connectivity index (χ2n) is 6.28. The first-order valence-electron chi connectivity index (χ1n) is 13.9. The highest BCUT2D eigenvalue weighted by Gasteiger charge is 2.07.